The van der Waals surface area contributed by atoms with E-state index in [1.165, 1.54) is 6.20 Å². The Labute approximate surface area is 72.1 Å². The normalized spacial score (nSPS) is 9.90. The minimum Gasteiger partial charge on any atom is -0.618 e. The van der Waals surface area contributed by atoms with Crippen LogP contribution in [0.2, 0.25) is 5.15 Å². The molecule has 1 heterocycles. The standard InChI is InChI=1S/C6H5BrClNO/c1-4-2-5(7)6(8)9(10)3-4/h2-3H,1H3. The van der Waals surface area contributed by atoms with Gasteiger partial charge in [-0.1, -0.05) is 0 Å². The van der Waals surface area contributed by atoms with Gasteiger partial charge in [0.25, 0.3) is 0 Å². The fourth-order valence-corrected chi connectivity index (χ4v) is 1.28. The molecule has 1 aromatic rings. The molecular formula is C6H5BrClNO. The van der Waals surface area contributed by atoms with Gasteiger partial charge >= 0.3 is 5.15 Å². The van der Waals surface area contributed by atoms with Crippen LogP contribution in [0.4, 0.5) is 0 Å². The van der Waals surface area contributed by atoms with E-state index in [2.05, 4.69) is 15.9 Å². The molecule has 4 heteroatoms. The average molecular weight is 222 g/mol. The van der Waals surface area contributed by atoms with Gasteiger partial charge in [0.1, 0.15) is 4.47 Å². The Kier molecular flexibility index (Phi) is 2.16. The van der Waals surface area contributed by atoms with Crippen molar-refractivity contribution in [2.75, 3.05) is 0 Å². The monoisotopic (exact) mass is 221 g/mol. The van der Waals surface area contributed by atoms with Gasteiger partial charge in [0.15, 0.2) is 6.20 Å². The molecule has 0 aliphatic carbocycles. The number of aryl methyl sites for hydroxylation is 1. The highest BCUT2D eigenvalue weighted by molar-refractivity contribution is 9.10. The van der Waals surface area contributed by atoms with Crippen molar-refractivity contribution in [1.29, 1.82) is 0 Å². The first-order valence-electron chi connectivity index (χ1n) is 2.66. The summed E-state index contributed by atoms with van der Waals surface area (Å²) in [5.41, 5.74) is 0.881. The molecule has 0 spiro atoms. The van der Waals surface area contributed by atoms with E-state index < -0.39 is 0 Å². The third kappa shape index (κ3) is 1.41. The van der Waals surface area contributed by atoms with Gasteiger partial charge in [0.05, 0.1) is 0 Å². The number of aromatic nitrogens is 1. The van der Waals surface area contributed by atoms with E-state index in [0.29, 0.717) is 9.20 Å². The lowest BCUT2D eigenvalue weighted by Crippen LogP contribution is -2.27. The molecule has 0 aromatic carbocycles. The van der Waals surface area contributed by atoms with Gasteiger partial charge in [0, 0.05) is 5.56 Å². The molecule has 0 amide bonds. The summed E-state index contributed by atoms with van der Waals surface area (Å²) in [6.45, 7) is 1.83. The molecule has 0 atom stereocenters. The summed E-state index contributed by atoms with van der Waals surface area (Å²) in [6, 6.07) is 1.79. The smallest absolute Gasteiger partial charge is 0.300 e. The molecular weight excluding hydrogens is 217 g/mol. The molecule has 2 nitrogen and oxygen atoms in total. The van der Waals surface area contributed by atoms with Crippen LogP contribution in [-0.4, -0.2) is 0 Å². The molecule has 0 N–H and O–H groups in total. The zero-order chi connectivity index (χ0) is 7.72. The van der Waals surface area contributed by atoms with Crippen molar-refractivity contribution in [3.63, 3.8) is 0 Å². The molecule has 0 saturated heterocycles. The SMILES string of the molecule is Cc1cc(Br)c(Cl)[n+]([O-])c1. The maximum atomic E-state index is 10.8. The van der Waals surface area contributed by atoms with Crippen LogP contribution in [0.25, 0.3) is 0 Å². The van der Waals surface area contributed by atoms with Crippen molar-refractivity contribution >= 4 is 27.5 Å². The van der Waals surface area contributed by atoms with E-state index >= 15 is 0 Å². The van der Waals surface area contributed by atoms with E-state index in [1.807, 2.05) is 6.92 Å². The molecule has 0 radical (unpaired) electrons. The maximum absolute atomic E-state index is 10.8. The summed E-state index contributed by atoms with van der Waals surface area (Å²) in [5.74, 6) is 0. The first-order valence-corrected chi connectivity index (χ1v) is 3.83. The van der Waals surface area contributed by atoms with Gasteiger partial charge in [-0.15, -0.1) is 0 Å². The van der Waals surface area contributed by atoms with Gasteiger partial charge < -0.3 is 5.21 Å². The van der Waals surface area contributed by atoms with Gasteiger partial charge in [-0.25, -0.2) is 0 Å². The van der Waals surface area contributed by atoms with Crippen LogP contribution in [0.15, 0.2) is 16.7 Å². The van der Waals surface area contributed by atoms with E-state index in [9.17, 15) is 5.21 Å². The van der Waals surface area contributed by atoms with Crippen molar-refractivity contribution < 1.29 is 4.73 Å². The maximum Gasteiger partial charge on any atom is 0.300 e. The lowest BCUT2D eigenvalue weighted by atomic mass is 10.3. The number of hydrogen-bond donors (Lipinski definition) is 0. The number of halogens is 2. The van der Waals surface area contributed by atoms with Crippen LogP contribution < -0.4 is 4.73 Å². The first-order chi connectivity index (χ1) is 4.61. The summed E-state index contributed by atoms with van der Waals surface area (Å²) >= 11 is 8.70. The number of nitrogens with zero attached hydrogens (tertiary/aromatic N) is 1. The lowest BCUT2D eigenvalue weighted by molar-refractivity contribution is -0.604. The lowest BCUT2D eigenvalue weighted by Gasteiger charge is -2.00. The molecule has 0 unspecified atom stereocenters. The highest BCUT2D eigenvalue weighted by atomic mass is 79.9. The van der Waals surface area contributed by atoms with Gasteiger partial charge in [-0.2, -0.15) is 4.73 Å². The van der Waals surface area contributed by atoms with E-state index in [0.717, 1.165) is 5.56 Å². The molecule has 1 aromatic heterocycles. The van der Waals surface area contributed by atoms with Crippen molar-refractivity contribution in [2.45, 2.75) is 6.92 Å². The third-order valence-corrected chi connectivity index (χ3v) is 2.27. The van der Waals surface area contributed by atoms with E-state index in [4.69, 9.17) is 11.6 Å². The molecule has 10 heavy (non-hydrogen) atoms. The summed E-state index contributed by atoms with van der Waals surface area (Å²) < 4.78 is 1.25. The molecule has 0 bridgehead atoms. The van der Waals surface area contributed by atoms with Crippen molar-refractivity contribution in [1.82, 2.24) is 0 Å². The van der Waals surface area contributed by atoms with Crippen molar-refractivity contribution in [3.05, 3.63) is 32.7 Å². The predicted molar refractivity (Wildman–Crippen MR) is 42.8 cm³/mol. The second kappa shape index (κ2) is 2.76. The largest absolute Gasteiger partial charge is 0.618 e. The minimum atomic E-state index is 0.172. The average Bonchev–Trinajstić information content (AvgIpc) is 1.82. The summed E-state index contributed by atoms with van der Waals surface area (Å²) in [7, 11) is 0. The highest BCUT2D eigenvalue weighted by Gasteiger charge is 2.06. The Morgan fingerprint density at radius 3 is 2.80 bits per heavy atom. The van der Waals surface area contributed by atoms with E-state index in [-0.39, 0.29) is 5.15 Å². The third-order valence-electron chi connectivity index (χ3n) is 1.07. The number of pyridine rings is 1. The van der Waals surface area contributed by atoms with Crippen LogP contribution in [0.5, 0.6) is 0 Å². The van der Waals surface area contributed by atoms with Crippen LogP contribution >= 0.6 is 27.5 Å². The van der Waals surface area contributed by atoms with Crippen LogP contribution in [0, 0.1) is 12.1 Å². The Balaban J connectivity index is 3.31. The second-order valence-corrected chi connectivity index (χ2v) is 3.19. The van der Waals surface area contributed by atoms with Crippen LogP contribution in [0.3, 0.4) is 0 Å². The van der Waals surface area contributed by atoms with Crippen LogP contribution in [0.1, 0.15) is 5.56 Å². The molecule has 1 rings (SSSR count). The Morgan fingerprint density at radius 2 is 2.30 bits per heavy atom. The fraction of sp³-hybridized carbons (Fsp3) is 0.167. The van der Waals surface area contributed by atoms with Gasteiger partial charge in [-0.3, -0.25) is 0 Å². The van der Waals surface area contributed by atoms with Gasteiger partial charge in [-0.05, 0) is 40.5 Å². The molecule has 0 fully saturated rings. The Morgan fingerprint density at radius 1 is 1.70 bits per heavy atom. The zero-order valence-electron chi connectivity index (χ0n) is 5.27. The van der Waals surface area contributed by atoms with Crippen LogP contribution in [-0.2, 0) is 0 Å². The summed E-state index contributed by atoms with van der Waals surface area (Å²) in [6.07, 6.45) is 1.42. The molecule has 0 aliphatic rings. The van der Waals surface area contributed by atoms with Crippen molar-refractivity contribution in [2.24, 2.45) is 0 Å². The van der Waals surface area contributed by atoms with Gasteiger partial charge in [0.2, 0.25) is 0 Å². The zero-order valence-corrected chi connectivity index (χ0v) is 7.61. The second-order valence-electron chi connectivity index (χ2n) is 1.98. The summed E-state index contributed by atoms with van der Waals surface area (Å²) in [4.78, 5) is 0. The Hall–Kier alpha value is -0.280. The molecule has 0 aliphatic heterocycles. The first kappa shape index (κ1) is 7.82. The van der Waals surface area contributed by atoms with Crippen molar-refractivity contribution in [3.8, 4) is 0 Å². The molecule has 0 saturated carbocycles. The topological polar surface area (TPSA) is 26.9 Å². The molecule has 54 valence electrons. The van der Waals surface area contributed by atoms with E-state index in [1.54, 1.807) is 6.07 Å². The highest BCUT2D eigenvalue weighted by Crippen LogP contribution is 2.18. The number of hydrogen-bond acceptors (Lipinski definition) is 1. The fourth-order valence-electron chi connectivity index (χ4n) is 0.644. The number of rotatable bonds is 0. The minimum absolute atomic E-state index is 0.172. The Bertz CT molecular complexity index is 241. The quantitative estimate of drug-likeness (QED) is 0.375. The predicted octanol–water partition coefficient (Wildman–Crippen LogP) is 2.04. The summed E-state index contributed by atoms with van der Waals surface area (Å²) in [5, 5.41) is 11.0.